The molecule has 92 valence electrons. The average molecular weight is 266 g/mol. The van der Waals surface area contributed by atoms with Crippen LogP contribution >= 0.6 is 22.7 Å². The topological polar surface area (TPSA) is 16.1 Å². The van der Waals surface area contributed by atoms with Crippen LogP contribution in [0.4, 0.5) is 0 Å². The van der Waals surface area contributed by atoms with E-state index < -0.39 is 0 Å². The molecule has 2 nitrogen and oxygen atoms in total. The molecule has 0 saturated carbocycles. The quantitative estimate of drug-likeness (QED) is 0.791. The fraction of sp³-hybridized carbons (Fsp3) is 0.462. The Morgan fingerprint density at radius 1 is 1.24 bits per heavy atom. The Labute approximate surface area is 111 Å². The Bertz CT molecular complexity index is 434. The zero-order valence-corrected chi connectivity index (χ0v) is 12.0. The molecule has 0 unspecified atom stereocenters. The second-order valence-corrected chi connectivity index (χ2v) is 5.94. The second kappa shape index (κ2) is 6.28. The van der Waals surface area contributed by atoms with Crippen molar-refractivity contribution in [3.63, 3.8) is 0 Å². The van der Waals surface area contributed by atoms with Crippen molar-refractivity contribution in [2.45, 2.75) is 33.4 Å². The Morgan fingerprint density at radius 2 is 2.12 bits per heavy atom. The first-order chi connectivity index (χ1) is 8.31. The van der Waals surface area contributed by atoms with Crippen LogP contribution in [0.2, 0.25) is 0 Å². The van der Waals surface area contributed by atoms with Crippen molar-refractivity contribution in [3.8, 4) is 0 Å². The first-order valence-corrected chi connectivity index (χ1v) is 7.75. The van der Waals surface area contributed by atoms with Crippen LogP contribution in [0.1, 0.15) is 29.4 Å². The van der Waals surface area contributed by atoms with E-state index in [1.54, 1.807) is 11.3 Å². The van der Waals surface area contributed by atoms with Crippen molar-refractivity contribution in [2.75, 3.05) is 6.54 Å². The number of rotatable bonds is 6. The molecule has 0 aliphatic heterocycles. The fourth-order valence-electron chi connectivity index (χ4n) is 1.72. The van der Waals surface area contributed by atoms with Crippen LogP contribution in [0.15, 0.2) is 22.9 Å². The molecule has 0 spiro atoms. The lowest BCUT2D eigenvalue weighted by Gasteiger charge is -2.18. The minimum absolute atomic E-state index is 0.963. The summed E-state index contributed by atoms with van der Waals surface area (Å²) in [4.78, 5) is 8.49. The van der Waals surface area contributed by atoms with E-state index in [-0.39, 0.29) is 0 Å². The highest BCUT2D eigenvalue weighted by Crippen LogP contribution is 2.16. The van der Waals surface area contributed by atoms with Gasteiger partial charge < -0.3 is 0 Å². The van der Waals surface area contributed by atoms with Gasteiger partial charge in [0.25, 0.3) is 0 Å². The van der Waals surface area contributed by atoms with E-state index in [0.717, 1.165) is 26.1 Å². The van der Waals surface area contributed by atoms with E-state index in [1.807, 2.05) is 11.3 Å². The Kier molecular flexibility index (Phi) is 4.71. The smallest absolute Gasteiger partial charge is 0.0926 e. The van der Waals surface area contributed by atoms with Crippen molar-refractivity contribution in [1.82, 2.24) is 9.88 Å². The highest BCUT2D eigenvalue weighted by Gasteiger charge is 2.08. The van der Waals surface area contributed by atoms with Gasteiger partial charge in [0, 0.05) is 23.3 Å². The Hall–Kier alpha value is -0.710. The molecular formula is C13H18N2S2. The Balaban J connectivity index is 1.95. The molecule has 2 aromatic heterocycles. The van der Waals surface area contributed by atoms with Gasteiger partial charge in [-0.1, -0.05) is 19.9 Å². The van der Waals surface area contributed by atoms with Crippen LogP contribution in [0, 0.1) is 0 Å². The minimum atomic E-state index is 0.963. The summed E-state index contributed by atoms with van der Waals surface area (Å²) in [6.45, 7) is 7.43. The molecular weight excluding hydrogens is 248 g/mol. The number of aryl methyl sites for hydroxylation is 1. The van der Waals surface area contributed by atoms with E-state index in [4.69, 9.17) is 0 Å². The molecule has 2 aromatic rings. The predicted octanol–water partition coefficient (Wildman–Crippen LogP) is 3.79. The molecule has 0 atom stereocenters. The summed E-state index contributed by atoms with van der Waals surface area (Å²) in [5.74, 6) is 0. The molecule has 0 N–H and O–H groups in total. The number of thiazole rings is 1. The lowest BCUT2D eigenvalue weighted by atomic mass is 10.3. The van der Waals surface area contributed by atoms with Crippen molar-refractivity contribution < 1.29 is 0 Å². The maximum Gasteiger partial charge on any atom is 0.0926 e. The standard InChI is InChI=1S/C13H18N2S2/c1-3-13-14-11(10-17-13)8-15(4-2)9-12-6-5-7-16-12/h5-7,10H,3-4,8-9H2,1-2H3. The maximum absolute atomic E-state index is 4.63. The summed E-state index contributed by atoms with van der Waals surface area (Å²) >= 11 is 3.60. The van der Waals surface area contributed by atoms with Gasteiger partial charge in [-0.05, 0) is 24.4 Å². The third-order valence-electron chi connectivity index (χ3n) is 2.69. The summed E-state index contributed by atoms with van der Waals surface area (Å²) in [7, 11) is 0. The van der Waals surface area contributed by atoms with Crippen molar-refractivity contribution in [1.29, 1.82) is 0 Å². The molecule has 0 aliphatic rings. The van der Waals surface area contributed by atoms with Gasteiger partial charge in [-0.3, -0.25) is 4.90 Å². The lowest BCUT2D eigenvalue weighted by molar-refractivity contribution is 0.271. The Morgan fingerprint density at radius 3 is 2.71 bits per heavy atom. The van der Waals surface area contributed by atoms with Crippen LogP contribution in [0.3, 0.4) is 0 Å². The SMILES string of the molecule is CCc1nc(CN(CC)Cc2cccs2)cs1. The molecule has 0 bridgehead atoms. The molecule has 0 aromatic carbocycles. The third kappa shape index (κ3) is 3.63. The van der Waals surface area contributed by atoms with E-state index >= 15 is 0 Å². The van der Waals surface area contributed by atoms with Crippen LogP contribution in [0.25, 0.3) is 0 Å². The summed E-state index contributed by atoms with van der Waals surface area (Å²) in [5.41, 5.74) is 1.21. The fourth-order valence-corrected chi connectivity index (χ4v) is 3.20. The molecule has 0 amide bonds. The van der Waals surface area contributed by atoms with Gasteiger partial charge in [-0.25, -0.2) is 4.98 Å². The molecule has 0 aliphatic carbocycles. The van der Waals surface area contributed by atoms with Gasteiger partial charge in [-0.15, -0.1) is 22.7 Å². The number of thiophene rings is 1. The molecule has 0 saturated heterocycles. The zero-order valence-electron chi connectivity index (χ0n) is 10.3. The molecule has 2 heterocycles. The predicted molar refractivity (Wildman–Crippen MR) is 75.6 cm³/mol. The van der Waals surface area contributed by atoms with Crippen molar-refractivity contribution in [2.24, 2.45) is 0 Å². The van der Waals surface area contributed by atoms with Crippen LogP contribution in [-0.4, -0.2) is 16.4 Å². The molecule has 2 rings (SSSR count). The van der Waals surface area contributed by atoms with E-state index in [0.29, 0.717) is 0 Å². The van der Waals surface area contributed by atoms with Gasteiger partial charge in [0.15, 0.2) is 0 Å². The monoisotopic (exact) mass is 266 g/mol. The lowest BCUT2D eigenvalue weighted by Crippen LogP contribution is -2.21. The van der Waals surface area contributed by atoms with Gasteiger partial charge in [0.2, 0.25) is 0 Å². The van der Waals surface area contributed by atoms with Crippen LogP contribution < -0.4 is 0 Å². The number of nitrogens with zero attached hydrogens (tertiary/aromatic N) is 2. The number of aromatic nitrogens is 1. The normalized spacial score (nSPS) is 11.2. The largest absolute Gasteiger partial charge is 0.293 e. The van der Waals surface area contributed by atoms with Gasteiger partial charge in [-0.2, -0.15) is 0 Å². The van der Waals surface area contributed by atoms with Gasteiger partial charge in [0.05, 0.1) is 10.7 Å². The third-order valence-corrected chi connectivity index (χ3v) is 4.60. The average Bonchev–Trinajstić information content (AvgIpc) is 2.99. The first-order valence-electron chi connectivity index (χ1n) is 5.99. The molecule has 17 heavy (non-hydrogen) atoms. The summed E-state index contributed by atoms with van der Waals surface area (Å²) in [6.07, 6.45) is 1.04. The molecule has 0 fully saturated rings. The second-order valence-electron chi connectivity index (χ2n) is 3.97. The van der Waals surface area contributed by atoms with Crippen molar-refractivity contribution in [3.05, 3.63) is 38.5 Å². The summed E-state index contributed by atoms with van der Waals surface area (Å²) in [5, 5.41) is 5.57. The highest BCUT2D eigenvalue weighted by atomic mass is 32.1. The van der Waals surface area contributed by atoms with Crippen LogP contribution in [0.5, 0.6) is 0 Å². The van der Waals surface area contributed by atoms with Gasteiger partial charge >= 0.3 is 0 Å². The highest BCUT2D eigenvalue weighted by molar-refractivity contribution is 7.10. The number of hydrogen-bond acceptors (Lipinski definition) is 4. The first kappa shape index (κ1) is 12.7. The number of hydrogen-bond donors (Lipinski definition) is 0. The molecule has 0 radical (unpaired) electrons. The van der Waals surface area contributed by atoms with E-state index in [2.05, 4.69) is 46.6 Å². The maximum atomic E-state index is 4.63. The van der Waals surface area contributed by atoms with E-state index in [1.165, 1.54) is 15.6 Å². The summed E-state index contributed by atoms with van der Waals surface area (Å²) < 4.78 is 0. The summed E-state index contributed by atoms with van der Waals surface area (Å²) in [6, 6.07) is 4.32. The van der Waals surface area contributed by atoms with Gasteiger partial charge in [0.1, 0.15) is 0 Å². The van der Waals surface area contributed by atoms with Crippen molar-refractivity contribution >= 4 is 22.7 Å². The minimum Gasteiger partial charge on any atom is -0.293 e. The van der Waals surface area contributed by atoms with Crippen LogP contribution in [-0.2, 0) is 19.5 Å². The molecule has 4 heteroatoms. The zero-order chi connectivity index (χ0) is 12.1. The van der Waals surface area contributed by atoms with E-state index in [9.17, 15) is 0 Å².